The van der Waals surface area contributed by atoms with Crippen LogP contribution in [-0.2, 0) is 20.8 Å². The number of aryl methyl sites for hydroxylation is 1. The Balaban J connectivity index is 2.05. The molecular weight excluding hydrogens is 332 g/mol. The molecule has 0 saturated carbocycles. The molecule has 9 heteroatoms. The van der Waals surface area contributed by atoms with Gasteiger partial charge in [0.1, 0.15) is 0 Å². The molecule has 2 rings (SSSR count). The normalized spacial score (nSPS) is 12.3. The van der Waals surface area contributed by atoms with E-state index >= 15 is 0 Å². The second kappa shape index (κ2) is 7.18. The predicted molar refractivity (Wildman–Crippen MR) is 88.7 cm³/mol. The minimum absolute atomic E-state index is 0.0773. The summed E-state index contributed by atoms with van der Waals surface area (Å²) >= 11 is 0. The van der Waals surface area contributed by atoms with Gasteiger partial charge in [-0.2, -0.15) is 23.7 Å². The summed E-state index contributed by atoms with van der Waals surface area (Å²) in [5.41, 5.74) is 0.372. The molecule has 2 aromatic heterocycles. The largest absolute Gasteiger partial charge is 0.270 e. The number of hydrogen-bond donors (Lipinski definition) is 0. The van der Waals surface area contributed by atoms with Crippen LogP contribution in [0.5, 0.6) is 0 Å². The van der Waals surface area contributed by atoms with Crippen molar-refractivity contribution in [2.24, 2.45) is 5.41 Å². The minimum atomic E-state index is -3.71. The highest BCUT2D eigenvalue weighted by Crippen LogP contribution is 2.15. The van der Waals surface area contributed by atoms with Gasteiger partial charge in [-0.3, -0.25) is 8.98 Å². The number of hydrogen-bond acceptors (Lipinski definition) is 7. The zero-order valence-corrected chi connectivity index (χ0v) is 14.7. The Hall–Kier alpha value is -2.13. The molecule has 0 radical (unpaired) electrons. The van der Waals surface area contributed by atoms with E-state index in [1.165, 1.54) is 18.5 Å². The van der Waals surface area contributed by atoms with Crippen LogP contribution in [0.15, 0.2) is 35.4 Å². The van der Waals surface area contributed by atoms with Crippen molar-refractivity contribution in [1.82, 2.24) is 20.0 Å². The Morgan fingerprint density at radius 1 is 1.29 bits per heavy atom. The fraction of sp³-hybridized carbons (Fsp3) is 0.467. The van der Waals surface area contributed by atoms with Crippen LogP contribution < -0.4 is 5.56 Å². The maximum Gasteiger partial charge on any atom is 0.269 e. The van der Waals surface area contributed by atoms with Gasteiger partial charge in [0.15, 0.2) is 0 Å². The first-order valence-corrected chi connectivity index (χ1v) is 8.96. The number of rotatable bonds is 6. The zero-order chi connectivity index (χ0) is 17.8. The van der Waals surface area contributed by atoms with Gasteiger partial charge in [-0.05, 0) is 17.5 Å². The third-order valence-electron chi connectivity index (χ3n) is 2.96. The molecule has 24 heavy (non-hydrogen) atoms. The molecule has 0 aromatic carbocycles. The fourth-order valence-corrected chi connectivity index (χ4v) is 2.77. The van der Waals surface area contributed by atoms with Crippen LogP contribution >= 0.6 is 0 Å². The summed E-state index contributed by atoms with van der Waals surface area (Å²) in [5.74, 6) is -0.319. The SMILES string of the molecule is CC(C)(C)COS(=O)(=O)CCn1ncc(-c2cccnn2)cc1=O. The number of aromatic nitrogens is 4. The topological polar surface area (TPSA) is 104 Å². The van der Waals surface area contributed by atoms with E-state index in [1.807, 2.05) is 20.8 Å². The Bertz CT molecular complexity index is 842. The average molecular weight is 352 g/mol. The standard InChI is InChI=1S/C15H20N4O4S/c1-15(2,3)11-23-24(21,22)8-7-19-14(20)9-12(10-17-19)13-5-4-6-16-18-13/h4-6,9-10H,7-8,11H2,1-3H3. The summed E-state index contributed by atoms with van der Waals surface area (Å²) in [6, 6.07) is 4.76. The highest BCUT2D eigenvalue weighted by Gasteiger charge is 2.18. The summed E-state index contributed by atoms with van der Waals surface area (Å²) in [5, 5.41) is 11.6. The van der Waals surface area contributed by atoms with Crippen molar-refractivity contribution in [2.45, 2.75) is 27.3 Å². The van der Waals surface area contributed by atoms with Crippen molar-refractivity contribution in [3.05, 3.63) is 40.9 Å². The quantitative estimate of drug-likeness (QED) is 0.717. The molecule has 0 aliphatic carbocycles. The Morgan fingerprint density at radius 3 is 2.62 bits per heavy atom. The molecule has 0 unspecified atom stereocenters. The molecule has 2 heterocycles. The molecule has 0 atom stereocenters. The van der Waals surface area contributed by atoms with E-state index < -0.39 is 15.7 Å². The lowest BCUT2D eigenvalue weighted by atomic mass is 9.99. The second-order valence-corrected chi connectivity index (χ2v) is 8.26. The van der Waals surface area contributed by atoms with E-state index in [1.54, 1.807) is 12.1 Å². The monoisotopic (exact) mass is 352 g/mol. The van der Waals surface area contributed by atoms with Gasteiger partial charge in [0.2, 0.25) is 0 Å². The smallest absolute Gasteiger partial charge is 0.269 e. The van der Waals surface area contributed by atoms with Crippen LogP contribution in [0.4, 0.5) is 0 Å². The first-order chi connectivity index (χ1) is 11.2. The van der Waals surface area contributed by atoms with Gasteiger partial charge in [-0.15, -0.1) is 0 Å². The maximum absolute atomic E-state index is 12.1. The van der Waals surface area contributed by atoms with E-state index in [0.717, 1.165) is 4.68 Å². The summed E-state index contributed by atoms with van der Waals surface area (Å²) in [4.78, 5) is 12.1. The van der Waals surface area contributed by atoms with Crippen molar-refractivity contribution in [1.29, 1.82) is 0 Å². The van der Waals surface area contributed by atoms with Gasteiger partial charge in [0.25, 0.3) is 15.7 Å². The lowest BCUT2D eigenvalue weighted by molar-refractivity contribution is 0.203. The molecule has 0 N–H and O–H groups in total. The van der Waals surface area contributed by atoms with Gasteiger partial charge < -0.3 is 0 Å². The van der Waals surface area contributed by atoms with Gasteiger partial charge in [-0.25, -0.2) is 4.68 Å². The summed E-state index contributed by atoms with van der Waals surface area (Å²) in [7, 11) is -3.71. The van der Waals surface area contributed by atoms with Crippen LogP contribution in [0.2, 0.25) is 0 Å². The van der Waals surface area contributed by atoms with Crippen LogP contribution in [0.3, 0.4) is 0 Å². The molecule has 0 aliphatic heterocycles. The molecular formula is C15H20N4O4S. The van der Waals surface area contributed by atoms with Crippen LogP contribution in [0.25, 0.3) is 11.3 Å². The average Bonchev–Trinajstić information content (AvgIpc) is 2.52. The van der Waals surface area contributed by atoms with Crippen LogP contribution in [0.1, 0.15) is 20.8 Å². The minimum Gasteiger partial charge on any atom is -0.270 e. The maximum atomic E-state index is 12.1. The highest BCUT2D eigenvalue weighted by atomic mass is 32.2. The van der Waals surface area contributed by atoms with E-state index in [0.29, 0.717) is 11.3 Å². The molecule has 130 valence electrons. The number of nitrogens with zero attached hydrogens (tertiary/aromatic N) is 4. The predicted octanol–water partition coefficient (Wildman–Crippen LogP) is 1.09. The third-order valence-corrected chi connectivity index (χ3v) is 4.12. The molecule has 0 aliphatic rings. The third kappa shape index (κ3) is 5.50. The molecule has 0 bridgehead atoms. The van der Waals surface area contributed by atoms with E-state index in [9.17, 15) is 13.2 Å². The van der Waals surface area contributed by atoms with E-state index in [4.69, 9.17) is 4.18 Å². The lowest BCUT2D eigenvalue weighted by Crippen LogP contribution is -2.28. The summed E-state index contributed by atoms with van der Waals surface area (Å²) in [6.07, 6.45) is 2.98. The van der Waals surface area contributed by atoms with Gasteiger partial charge in [0.05, 0.1) is 30.8 Å². The molecule has 2 aromatic rings. The molecule has 0 amide bonds. The summed E-state index contributed by atoms with van der Waals surface area (Å²) < 4.78 is 29.8. The summed E-state index contributed by atoms with van der Waals surface area (Å²) in [6.45, 7) is 5.63. The molecule has 8 nitrogen and oxygen atoms in total. The van der Waals surface area contributed by atoms with Crippen LogP contribution in [-0.4, -0.2) is 40.8 Å². The Labute approximate surface area is 140 Å². The highest BCUT2D eigenvalue weighted by molar-refractivity contribution is 7.86. The lowest BCUT2D eigenvalue weighted by Gasteiger charge is -2.17. The van der Waals surface area contributed by atoms with Crippen molar-refractivity contribution in [2.75, 3.05) is 12.4 Å². The fourth-order valence-electron chi connectivity index (χ4n) is 1.72. The van der Waals surface area contributed by atoms with Gasteiger partial charge >= 0.3 is 0 Å². The van der Waals surface area contributed by atoms with Crippen LogP contribution in [0, 0.1) is 5.41 Å². The molecule has 0 fully saturated rings. The van der Waals surface area contributed by atoms with Crippen molar-refractivity contribution in [3.63, 3.8) is 0 Å². The van der Waals surface area contributed by atoms with Gasteiger partial charge in [0, 0.05) is 17.8 Å². The zero-order valence-electron chi connectivity index (χ0n) is 13.8. The van der Waals surface area contributed by atoms with E-state index in [-0.39, 0.29) is 24.3 Å². The Morgan fingerprint density at radius 2 is 2.04 bits per heavy atom. The van der Waals surface area contributed by atoms with Gasteiger partial charge in [-0.1, -0.05) is 20.8 Å². The second-order valence-electron chi connectivity index (χ2n) is 6.50. The molecule has 0 spiro atoms. The molecule has 0 saturated heterocycles. The van der Waals surface area contributed by atoms with E-state index in [2.05, 4.69) is 15.3 Å². The first kappa shape index (κ1) is 18.2. The first-order valence-electron chi connectivity index (χ1n) is 7.39. The Kier molecular flexibility index (Phi) is 5.45. The van der Waals surface area contributed by atoms with Crippen molar-refractivity contribution >= 4 is 10.1 Å². The van der Waals surface area contributed by atoms with Crippen molar-refractivity contribution in [3.8, 4) is 11.3 Å². The van der Waals surface area contributed by atoms with Crippen molar-refractivity contribution < 1.29 is 12.6 Å².